The molecule has 0 aliphatic heterocycles. The Morgan fingerprint density at radius 2 is 0.543 bits per heavy atom. The maximum absolute atomic E-state index is 15.7. The van der Waals surface area contributed by atoms with E-state index in [1.807, 2.05) is 0 Å². The number of fused-ring (bicyclic) bond motifs is 15. The quantitative estimate of drug-likeness (QED) is 0.165. The van der Waals surface area contributed by atoms with Crippen molar-refractivity contribution < 1.29 is 15.3 Å². The van der Waals surface area contributed by atoms with E-state index in [2.05, 4.69) is 218 Å². The minimum absolute atomic E-state index is 0.0249. The lowest BCUT2D eigenvalue weighted by molar-refractivity contribution is 0.121. The molecule has 0 amide bonds. The molecule has 81 heavy (non-hydrogen) atoms. The van der Waals surface area contributed by atoms with Gasteiger partial charge < -0.3 is 15.3 Å². The molecule has 13 rings (SSSR count). The fourth-order valence-electron chi connectivity index (χ4n) is 19.1. The number of benzene rings is 7. The molecule has 3 nitrogen and oxygen atoms in total. The minimum atomic E-state index is -1.73. The largest absolute Gasteiger partial charge is 0.376 e. The molecule has 0 aromatic heterocycles. The van der Waals surface area contributed by atoms with Crippen LogP contribution < -0.4 is 0 Å². The SMILES string of the molecule is Cc1cc(C)c(C2(O)c3cc4c(cc3-c3c2c2c(c5c3C(O)(c3c(C)cc(C)cc3C)c3cc6c(cc3-5)C(C)(C)CCC6(C)C)C(O)(c3c(C)cc(C)cc3C)c3cc5c(cc3-2)C(C)(C)CCC5(C)C)CC(C)(C)CC4(C)C)c(C)c1. The van der Waals surface area contributed by atoms with Crippen LogP contribution in [-0.2, 0) is 50.3 Å². The van der Waals surface area contributed by atoms with Crippen LogP contribution in [0, 0.1) is 67.7 Å². The van der Waals surface area contributed by atoms with Gasteiger partial charge in [-0.15, -0.1) is 0 Å². The fraction of sp³-hybridized carbons (Fsp3) is 0.462. The summed E-state index contributed by atoms with van der Waals surface area (Å²) in [6, 6.07) is 28.2. The Hall–Kier alpha value is -5.58. The summed E-state index contributed by atoms with van der Waals surface area (Å²) in [6.07, 6.45) is 6.01. The molecule has 420 valence electrons. The molecule has 0 saturated carbocycles. The lowest BCUT2D eigenvalue weighted by Gasteiger charge is -2.43. The molecule has 0 bridgehead atoms. The second kappa shape index (κ2) is 16.4. The molecule has 7 aromatic rings. The molecule has 3 heteroatoms. The lowest BCUT2D eigenvalue weighted by atomic mass is 9.61. The first kappa shape index (κ1) is 54.7. The van der Waals surface area contributed by atoms with Gasteiger partial charge in [0.1, 0.15) is 16.8 Å². The highest BCUT2D eigenvalue weighted by molar-refractivity contribution is 6.07. The first-order valence-electron chi connectivity index (χ1n) is 30.7. The van der Waals surface area contributed by atoms with Gasteiger partial charge in [0.2, 0.25) is 0 Å². The molecular weight excluding hydrogens is 985 g/mol. The van der Waals surface area contributed by atoms with Crippen molar-refractivity contribution in [3.63, 3.8) is 0 Å². The average molecular weight is 1080 g/mol. The van der Waals surface area contributed by atoms with Gasteiger partial charge in [-0.3, -0.25) is 0 Å². The molecule has 3 atom stereocenters. The molecule has 0 saturated heterocycles. The van der Waals surface area contributed by atoms with Gasteiger partial charge in [0.25, 0.3) is 0 Å². The van der Waals surface area contributed by atoms with Crippen molar-refractivity contribution in [1.82, 2.24) is 0 Å². The van der Waals surface area contributed by atoms with Gasteiger partial charge in [0.15, 0.2) is 0 Å². The second-order valence-corrected chi connectivity index (χ2v) is 31.6. The summed E-state index contributed by atoms with van der Waals surface area (Å²) in [5.74, 6) is 0. The van der Waals surface area contributed by atoms with E-state index in [9.17, 15) is 0 Å². The van der Waals surface area contributed by atoms with E-state index in [-0.39, 0.29) is 32.5 Å². The van der Waals surface area contributed by atoms with Gasteiger partial charge in [-0.25, -0.2) is 0 Å². The number of hydrogen-bond donors (Lipinski definition) is 3. The highest BCUT2D eigenvalue weighted by atomic mass is 16.3. The van der Waals surface area contributed by atoms with E-state index < -0.39 is 16.8 Å². The second-order valence-electron chi connectivity index (χ2n) is 31.6. The van der Waals surface area contributed by atoms with Crippen molar-refractivity contribution in [1.29, 1.82) is 0 Å². The van der Waals surface area contributed by atoms with E-state index in [4.69, 9.17) is 0 Å². The fourth-order valence-corrected chi connectivity index (χ4v) is 19.1. The monoisotopic (exact) mass is 1070 g/mol. The summed E-state index contributed by atoms with van der Waals surface area (Å²) in [5.41, 5.74) is 24.5. The van der Waals surface area contributed by atoms with Crippen LogP contribution in [0.1, 0.15) is 249 Å². The van der Waals surface area contributed by atoms with Gasteiger partial charge in [0, 0.05) is 33.4 Å². The van der Waals surface area contributed by atoms with Crippen LogP contribution in [0.15, 0.2) is 72.8 Å². The molecular formula is C78H90O3. The highest BCUT2D eigenvalue weighted by Crippen LogP contribution is 2.72. The van der Waals surface area contributed by atoms with Gasteiger partial charge in [-0.1, -0.05) is 160 Å². The number of aliphatic hydroxyl groups is 3. The highest BCUT2D eigenvalue weighted by Gasteiger charge is 2.62. The van der Waals surface area contributed by atoms with Crippen LogP contribution in [0.5, 0.6) is 0 Å². The predicted molar refractivity (Wildman–Crippen MR) is 337 cm³/mol. The lowest BCUT2D eigenvalue weighted by Crippen LogP contribution is -2.36. The zero-order valence-corrected chi connectivity index (χ0v) is 53.0. The standard InChI is InChI=1S/C78H90O3/c1-40-26-43(4)64(44(5)27-40)76(79)54-35-53-49(38-70(10,11)39-75(53,20)21)32-50(54)61-67(76)62-52-34-58-60(74(18,19)25-23-72(58,14)15)37-56(52)78(81,66-47(8)30-42(3)31-48(66)9)69(62)63-51-33-57-59(73(16,17)24-22-71(57,12)13)36-55(51)77(80,68(61)63)65-45(6)28-41(2)29-46(65)7/h26-37,79-81H,22-25,38-39H2,1-21H3. The molecule has 0 radical (unpaired) electrons. The summed E-state index contributed by atoms with van der Waals surface area (Å²) in [7, 11) is 0. The Morgan fingerprint density at radius 3 is 0.840 bits per heavy atom. The zero-order valence-electron chi connectivity index (χ0n) is 53.0. The first-order valence-corrected chi connectivity index (χ1v) is 30.7. The van der Waals surface area contributed by atoms with Gasteiger partial charge >= 0.3 is 0 Å². The summed E-state index contributed by atoms with van der Waals surface area (Å²) in [5, 5.41) is 47.1. The van der Waals surface area contributed by atoms with Crippen molar-refractivity contribution in [3.8, 4) is 33.4 Å². The Labute approximate surface area is 485 Å². The van der Waals surface area contributed by atoms with E-state index >= 15 is 15.3 Å². The van der Waals surface area contributed by atoms with E-state index in [1.165, 1.54) is 33.4 Å². The summed E-state index contributed by atoms with van der Waals surface area (Å²) >= 11 is 0. The zero-order chi connectivity index (χ0) is 58.5. The van der Waals surface area contributed by atoms with Crippen LogP contribution in [0.25, 0.3) is 33.4 Å². The number of aryl methyl sites for hydroxylation is 9. The van der Waals surface area contributed by atoms with E-state index in [1.54, 1.807) is 0 Å². The summed E-state index contributed by atoms with van der Waals surface area (Å²) in [4.78, 5) is 0. The molecule has 7 aromatic carbocycles. The van der Waals surface area contributed by atoms with E-state index in [0.717, 1.165) is 172 Å². The average Bonchev–Trinajstić information content (AvgIpc) is 1.51. The van der Waals surface area contributed by atoms with Crippen LogP contribution >= 0.6 is 0 Å². The smallest absolute Gasteiger partial charge is 0.142 e. The summed E-state index contributed by atoms with van der Waals surface area (Å²) < 4.78 is 0. The topological polar surface area (TPSA) is 60.7 Å². The maximum atomic E-state index is 15.7. The van der Waals surface area contributed by atoms with Crippen LogP contribution in [0.3, 0.4) is 0 Å². The third-order valence-electron chi connectivity index (χ3n) is 22.2. The van der Waals surface area contributed by atoms with Crippen molar-refractivity contribution in [2.45, 2.75) is 228 Å². The Balaban J connectivity index is 1.37. The van der Waals surface area contributed by atoms with Crippen molar-refractivity contribution in [3.05, 3.63) is 206 Å². The van der Waals surface area contributed by atoms with Gasteiger partial charge in [0.05, 0.1) is 0 Å². The Kier molecular flexibility index (Phi) is 11.1. The minimum Gasteiger partial charge on any atom is -0.376 e. The number of rotatable bonds is 3. The van der Waals surface area contributed by atoms with Crippen molar-refractivity contribution in [2.75, 3.05) is 0 Å². The maximum Gasteiger partial charge on any atom is 0.142 e. The van der Waals surface area contributed by atoms with Crippen LogP contribution in [0.4, 0.5) is 0 Å². The molecule has 6 aliphatic rings. The molecule has 3 unspecified atom stereocenters. The molecule has 0 fully saturated rings. The third kappa shape index (κ3) is 7.04. The molecule has 6 aliphatic carbocycles. The van der Waals surface area contributed by atoms with Crippen LogP contribution in [0.2, 0.25) is 0 Å². The first-order chi connectivity index (χ1) is 37.4. The predicted octanol–water partition coefficient (Wildman–Crippen LogP) is 18.2. The summed E-state index contributed by atoms with van der Waals surface area (Å²) in [6.45, 7) is 48.4. The third-order valence-corrected chi connectivity index (χ3v) is 22.2. The Morgan fingerprint density at radius 1 is 0.284 bits per heavy atom. The van der Waals surface area contributed by atoms with Gasteiger partial charge in [-0.2, -0.15) is 0 Å². The van der Waals surface area contributed by atoms with Crippen LogP contribution in [-0.4, -0.2) is 15.3 Å². The molecule has 0 heterocycles. The van der Waals surface area contributed by atoms with Gasteiger partial charge in [-0.05, 0) is 262 Å². The molecule has 3 N–H and O–H groups in total. The number of hydrogen-bond acceptors (Lipinski definition) is 3. The normalized spacial score (nSPS) is 24.7. The van der Waals surface area contributed by atoms with Crippen molar-refractivity contribution >= 4 is 0 Å². The van der Waals surface area contributed by atoms with Crippen molar-refractivity contribution in [2.24, 2.45) is 5.41 Å². The van der Waals surface area contributed by atoms with E-state index in [0.29, 0.717) is 0 Å². The Bertz CT molecular complexity index is 3910. The molecule has 0 spiro atoms.